The van der Waals surface area contributed by atoms with Gasteiger partial charge in [-0.15, -0.1) is 11.3 Å². The van der Waals surface area contributed by atoms with Gasteiger partial charge in [0.2, 0.25) is 0 Å². The van der Waals surface area contributed by atoms with Crippen LogP contribution in [0.25, 0.3) is 0 Å². The van der Waals surface area contributed by atoms with Gasteiger partial charge < -0.3 is 16.4 Å². The molecule has 2 aromatic heterocycles. The van der Waals surface area contributed by atoms with Crippen LogP contribution in [0.5, 0.6) is 0 Å². The molecule has 3 rings (SSSR count). The number of halogens is 4. The minimum absolute atomic E-state index is 0.000202. The molecule has 4 N–H and O–H groups in total. The van der Waals surface area contributed by atoms with Gasteiger partial charge in [0, 0.05) is 5.69 Å². The highest BCUT2D eigenvalue weighted by Gasteiger charge is 2.32. The third-order valence-corrected chi connectivity index (χ3v) is 5.85. The van der Waals surface area contributed by atoms with Crippen LogP contribution in [0.4, 0.5) is 24.7 Å². The standard InChI is InChI=1S/C19H16ClF3N6O2S/c1-8-3-4-10(5-11(8)19(21,22)23)29-16(30)12-6-25-18(32-12)9(2)28-17(31)14-13(20)15(24)27-7-26-14/h3-7,9H,1-2H3,(H,28,31)(H,29,30)(H2,24,26,27)/t9-/m0/s1. The van der Waals surface area contributed by atoms with Gasteiger partial charge in [-0.25, -0.2) is 15.0 Å². The van der Waals surface area contributed by atoms with E-state index in [1.807, 2.05) is 0 Å². The van der Waals surface area contributed by atoms with Crippen LogP contribution in [0, 0.1) is 6.92 Å². The zero-order chi connectivity index (χ0) is 23.6. The van der Waals surface area contributed by atoms with Crippen LogP contribution in [-0.2, 0) is 6.18 Å². The second-order valence-electron chi connectivity index (χ2n) is 6.66. The number of hydrogen-bond acceptors (Lipinski definition) is 7. The Hall–Kier alpha value is -3.25. The third-order valence-electron chi connectivity index (χ3n) is 4.30. The summed E-state index contributed by atoms with van der Waals surface area (Å²) >= 11 is 6.92. The fraction of sp³-hybridized carbons (Fsp3) is 0.211. The topological polar surface area (TPSA) is 123 Å². The molecule has 168 valence electrons. The Balaban J connectivity index is 1.70. The molecule has 0 radical (unpaired) electrons. The highest BCUT2D eigenvalue weighted by Crippen LogP contribution is 2.33. The number of alkyl halides is 3. The molecule has 0 spiro atoms. The first kappa shape index (κ1) is 23.4. The fourth-order valence-electron chi connectivity index (χ4n) is 2.66. The van der Waals surface area contributed by atoms with Crippen LogP contribution in [0.3, 0.4) is 0 Å². The summed E-state index contributed by atoms with van der Waals surface area (Å²) in [6.07, 6.45) is -2.16. The van der Waals surface area contributed by atoms with Gasteiger partial charge in [0.25, 0.3) is 11.8 Å². The molecule has 8 nitrogen and oxygen atoms in total. The van der Waals surface area contributed by atoms with Gasteiger partial charge >= 0.3 is 6.18 Å². The van der Waals surface area contributed by atoms with E-state index in [2.05, 4.69) is 25.6 Å². The van der Waals surface area contributed by atoms with Crippen molar-refractivity contribution in [3.05, 3.63) is 62.5 Å². The number of thiazole rings is 1. The molecule has 0 aliphatic heterocycles. The minimum Gasteiger partial charge on any atom is -0.382 e. The van der Waals surface area contributed by atoms with E-state index in [0.29, 0.717) is 5.01 Å². The molecule has 1 aromatic carbocycles. The number of nitrogens with one attached hydrogen (secondary N) is 2. The maximum Gasteiger partial charge on any atom is 0.416 e. The number of rotatable bonds is 5. The number of nitrogens with two attached hydrogens (primary N) is 1. The lowest BCUT2D eigenvalue weighted by molar-refractivity contribution is -0.138. The predicted molar refractivity (Wildman–Crippen MR) is 114 cm³/mol. The summed E-state index contributed by atoms with van der Waals surface area (Å²) < 4.78 is 39.2. The Kier molecular flexibility index (Phi) is 6.65. The van der Waals surface area contributed by atoms with E-state index in [9.17, 15) is 22.8 Å². The molecule has 0 saturated carbocycles. The van der Waals surface area contributed by atoms with Gasteiger partial charge in [0.1, 0.15) is 27.1 Å². The Morgan fingerprint density at radius 2 is 1.91 bits per heavy atom. The Labute approximate surface area is 189 Å². The summed E-state index contributed by atoms with van der Waals surface area (Å²) in [7, 11) is 0. The molecule has 2 amide bonds. The number of anilines is 2. The summed E-state index contributed by atoms with van der Waals surface area (Å²) in [6.45, 7) is 2.97. The lowest BCUT2D eigenvalue weighted by Crippen LogP contribution is -2.28. The molecule has 2 heterocycles. The minimum atomic E-state index is -4.53. The van der Waals surface area contributed by atoms with Crippen LogP contribution in [0.15, 0.2) is 30.7 Å². The van der Waals surface area contributed by atoms with E-state index in [-0.39, 0.29) is 32.7 Å². The largest absolute Gasteiger partial charge is 0.416 e. The number of aryl methyl sites for hydroxylation is 1. The van der Waals surface area contributed by atoms with Gasteiger partial charge in [0.15, 0.2) is 5.69 Å². The van der Waals surface area contributed by atoms with Crippen molar-refractivity contribution < 1.29 is 22.8 Å². The highest BCUT2D eigenvalue weighted by atomic mass is 35.5. The molecular weight excluding hydrogens is 469 g/mol. The van der Waals surface area contributed by atoms with Crippen molar-refractivity contribution >= 4 is 46.3 Å². The van der Waals surface area contributed by atoms with E-state index in [1.165, 1.54) is 25.3 Å². The van der Waals surface area contributed by atoms with Crippen LogP contribution in [0.2, 0.25) is 5.02 Å². The van der Waals surface area contributed by atoms with E-state index >= 15 is 0 Å². The number of hydrogen-bond donors (Lipinski definition) is 3. The normalized spacial score (nSPS) is 12.3. The summed E-state index contributed by atoms with van der Waals surface area (Å²) in [5.74, 6) is -1.29. The van der Waals surface area contributed by atoms with Gasteiger partial charge in [0.05, 0.1) is 17.8 Å². The first-order valence-electron chi connectivity index (χ1n) is 8.99. The van der Waals surface area contributed by atoms with Crippen molar-refractivity contribution in [2.45, 2.75) is 26.1 Å². The van der Waals surface area contributed by atoms with Gasteiger partial charge in [-0.05, 0) is 31.5 Å². The molecule has 0 saturated heterocycles. The van der Waals surface area contributed by atoms with E-state index in [0.717, 1.165) is 23.7 Å². The quantitative estimate of drug-likeness (QED) is 0.497. The molecule has 0 aliphatic carbocycles. The van der Waals surface area contributed by atoms with Crippen molar-refractivity contribution in [3.63, 3.8) is 0 Å². The molecular formula is C19H16ClF3N6O2S. The monoisotopic (exact) mass is 484 g/mol. The Morgan fingerprint density at radius 3 is 2.59 bits per heavy atom. The average molecular weight is 485 g/mol. The summed E-state index contributed by atoms with van der Waals surface area (Å²) in [5.41, 5.74) is 4.67. The Morgan fingerprint density at radius 1 is 1.19 bits per heavy atom. The second kappa shape index (κ2) is 9.09. The van der Waals surface area contributed by atoms with Crippen LogP contribution >= 0.6 is 22.9 Å². The molecule has 32 heavy (non-hydrogen) atoms. The number of nitrogens with zero attached hydrogens (tertiary/aromatic N) is 3. The van der Waals surface area contributed by atoms with E-state index in [1.54, 1.807) is 6.92 Å². The number of carbonyl (C=O) groups is 2. The molecule has 13 heteroatoms. The molecule has 0 fully saturated rings. The van der Waals surface area contributed by atoms with Crippen molar-refractivity contribution in [1.82, 2.24) is 20.3 Å². The van der Waals surface area contributed by atoms with Gasteiger partial charge in [-0.2, -0.15) is 13.2 Å². The first-order chi connectivity index (χ1) is 15.0. The van der Waals surface area contributed by atoms with Crippen LogP contribution < -0.4 is 16.4 Å². The van der Waals surface area contributed by atoms with Gasteiger partial charge in [-0.1, -0.05) is 17.7 Å². The zero-order valence-electron chi connectivity index (χ0n) is 16.6. The number of benzene rings is 1. The number of nitrogen functional groups attached to an aromatic ring is 1. The maximum absolute atomic E-state index is 13.1. The lowest BCUT2D eigenvalue weighted by Gasteiger charge is -2.12. The summed E-state index contributed by atoms with van der Waals surface area (Å²) in [5, 5.41) is 5.36. The maximum atomic E-state index is 13.1. The molecule has 3 aromatic rings. The van der Waals surface area contributed by atoms with Crippen molar-refractivity contribution in [2.75, 3.05) is 11.1 Å². The second-order valence-corrected chi connectivity index (χ2v) is 8.10. The molecule has 0 aliphatic rings. The SMILES string of the molecule is Cc1ccc(NC(=O)c2cnc([C@H](C)NC(=O)c3ncnc(N)c3Cl)s2)cc1C(F)(F)F. The molecule has 1 atom stereocenters. The van der Waals surface area contributed by atoms with Crippen LogP contribution in [-0.4, -0.2) is 26.8 Å². The van der Waals surface area contributed by atoms with Gasteiger partial charge in [-0.3, -0.25) is 9.59 Å². The zero-order valence-corrected chi connectivity index (χ0v) is 18.2. The summed E-state index contributed by atoms with van der Waals surface area (Å²) in [4.78, 5) is 36.6. The molecule has 0 unspecified atom stereocenters. The average Bonchev–Trinajstić information content (AvgIpc) is 3.21. The Bertz CT molecular complexity index is 1180. The molecule has 0 bridgehead atoms. The summed E-state index contributed by atoms with van der Waals surface area (Å²) in [6, 6.07) is 2.91. The lowest BCUT2D eigenvalue weighted by atomic mass is 10.1. The fourth-order valence-corrected chi connectivity index (χ4v) is 3.66. The predicted octanol–water partition coefficient (Wildman–Crippen LogP) is 4.24. The highest BCUT2D eigenvalue weighted by molar-refractivity contribution is 7.13. The van der Waals surface area contributed by atoms with E-state index in [4.69, 9.17) is 17.3 Å². The smallest absolute Gasteiger partial charge is 0.382 e. The third kappa shape index (κ3) is 5.14. The number of aromatic nitrogens is 3. The van der Waals surface area contributed by atoms with Crippen LogP contribution in [0.1, 0.15) is 49.3 Å². The number of amides is 2. The first-order valence-corrected chi connectivity index (χ1v) is 10.2. The van der Waals surface area contributed by atoms with Crippen molar-refractivity contribution in [2.24, 2.45) is 0 Å². The van der Waals surface area contributed by atoms with E-state index < -0.39 is 29.6 Å². The van der Waals surface area contributed by atoms with Crippen molar-refractivity contribution in [1.29, 1.82) is 0 Å². The van der Waals surface area contributed by atoms with Crippen molar-refractivity contribution in [3.8, 4) is 0 Å². The number of carbonyl (C=O) groups excluding carboxylic acids is 2.